The summed E-state index contributed by atoms with van der Waals surface area (Å²) in [4.78, 5) is 24.2. The zero-order chi connectivity index (χ0) is 16.9. The number of hydrogen-bond donors (Lipinski definition) is 0. The molecule has 2 rings (SSSR count). The molecule has 0 unspecified atom stereocenters. The van der Waals surface area contributed by atoms with Crippen molar-refractivity contribution >= 4 is 11.8 Å². The minimum Gasteiger partial charge on any atom is -0.461 e. The van der Waals surface area contributed by atoms with Gasteiger partial charge in [0.1, 0.15) is 19.8 Å². The van der Waals surface area contributed by atoms with Crippen molar-refractivity contribution in [2.45, 2.75) is 45.1 Å². The number of ether oxygens (including phenoxy) is 3. The number of carbonyl (C=O) groups excluding carboxylic acids is 2. The third-order valence-electron chi connectivity index (χ3n) is 5.05. The summed E-state index contributed by atoms with van der Waals surface area (Å²) in [7, 11) is 1.61. The predicted octanol–water partition coefficient (Wildman–Crippen LogP) is 2.80. The largest absolute Gasteiger partial charge is 0.461 e. The summed E-state index contributed by atoms with van der Waals surface area (Å²) >= 11 is 0. The molecule has 0 spiro atoms. The van der Waals surface area contributed by atoms with Gasteiger partial charge in [0.05, 0.1) is 6.10 Å². The van der Waals surface area contributed by atoms with E-state index >= 15 is 0 Å². The number of rotatable bonds is 8. The van der Waals surface area contributed by atoms with E-state index in [2.05, 4.69) is 13.5 Å². The quantitative estimate of drug-likeness (QED) is 0.298. The lowest BCUT2D eigenvalue weighted by atomic mass is 9.67. The van der Waals surface area contributed by atoms with E-state index in [-0.39, 0.29) is 43.0 Å². The molecule has 3 atom stereocenters. The van der Waals surface area contributed by atoms with Crippen molar-refractivity contribution < 1.29 is 23.8 Å². The van der Waals surface area contributed by atoms with Crippen molar-refractivity contribution in [2.24, 2.45) is 11.3 Å². The van der Waals surface area contributed by atoms with Gasteiger partial charge >= 0.3 is 5.97 Å². The summed E-state index contributed by atoms with van der Waals surface area (Å²) in [6.07, 6.45) is 7.03. The average molecular weight is 322 g/mol. The monoisotopic (exact) mass is 322 g/mol. The van der Waals surface area contributed by atoms with Crippen LogP contribution in [0, 0.1) is 11.3 Å². The van der Waals surface area contributed by atoms with E-state index in [1.807, 2.05) is 6.08 Å². The Balaban J connectivity index is 2.03. The summed E-state index contributed by atoms with van der Waals surface area (Å²) < 4.78 is 15.8. The maximum atomic E-state index is 12.5. The first-order chi connectivity index (χ1) is 11.0. The lowest BCUT2D eigenvalue weighted by molar-refractivity contribution is -0.144. The van der Waals surface area contributed by atoms with E-state index in [1.165, 1.54) is 6.08 Å². The number of esters is 1. The van der Waals surface area contributed by atoms with Gasteiger partial charge in [-0.2, -0.15) is 0 Å². The predicted molar refractivity (Wildman–Crippen MR) is 85.7 cm³/mol. The Morgan fingerprint density at radius 2 is 2.22 bits per heavy atom. The van der Waals surface area contributed by atoms with Gasteiger partial charge in [-0.1, -0.05) is 25.7 Å². The van der Waals surface area contributed by atoms with Crippen LogP contribution in [0.4, 0.5) is 0 Å². The maximum Gasteiger partial charge on any atom is 0.313 e. The number of Topliss-reactive ketones (excluding diaryl/α,β-unsaturated/α-hetero) is 1. The Morgan fingerprint density at radius 3 is 2.91 bits per heavy atom. The minimum absolute atomic E-state index is 0.0662. The van der Waals surface area contributed by atoms with Gasteiger partial charge in [0, 0.05) is 12.5 Å². The van der Waals surface area contributed by atoms with Crippen LogP contribution in [0.3, 0.4) is 0 Å². The molecule has 0 radical (unpaired) electrons. The molecule has 1 fully saturated rings. The molecule has 23 heavy (non-hydrogen) atoms. The molecule has 0 N–H and O–H groups in total. The second kappa shape index (κ2) is 7.88. The van der Waals surface area contributed by atoms with Crippen LogP contribution in [0.15, 0.2) is 24.3 Å². The molecule has 0 aromatic carbocycles. The molecule has 0 heterocycles. The number of ketones is 1. The van der Waals surface area contributed by atoms with Gasteiger partial charge < -0.3 is 14.2 Å². The molecule has 2 aliphatic carbocycles. The van der Waals surface area contributed by atoms with E-state index in [0.29, 0.717) is 0 Å². The van der Waals surface area contributed by atoms with E-state index in [1.54, 1.807) is 7.11 Å². The normalized spacial score (nSPS) is 29.6. The minimum atomic E-state index is -0.492. The van der Waals surface area contributed by atoms with Crippen LogP contribution < -0.4 is 0 Å². The standard InChI is InChI=1S/C18H26O5/c1-4-10-22-17(20)11-15(19)13-6-5-9-18(2)14(13)7-8-16(18)23-12-21-3/h4,6,14,16H,1,5,7-12H2,2-3H3/t14-,16-,18-/m0/s1. The molecule has 0 bridgehead atoms. The van der Waals surface area contributed by atoms with Gasteiger partial charge in [0.2, 0.25) is 0 Å². The van der Waals surface area contributed by atoms with Crippen LogP contribution in [0.1, 0.15) is 39.0 Å². The fourth-order valence-electron chi connectivity index (χ4n) is 3.90. The van der Waals surface area contributed by atoms with Crippen molar-refractivity contribution in [2.75, 3.05) is 20.5 Å². The third-order valence-corrected chi connectivity index (χ3v) is 5.05. The van der Waals surface area contributed by atoms with Gasteiger partial charge in [0.15, 0.2) is 5.78 Å². The molecule has 5 nitrogen and oxygen atoms in total. The summed E-state index contributed by atoms with van der Waals surface area (Å²) in [6, 6.07) is 0. The van der Waals surface area contributed by atoms with Crippen LogP contribution in [0.5, 0.6) is 0 Å². The summed E-state index contributed by atoms with van der Waals surface area (Å²) in [5.74, 6) is -0.464. The van der Waals surface area contributed by atoms with Crippen LogP contribution in [0.25, 0.3) is 0 Å². The zero-order valence-corrected chi connectivity index (χ0v) is 14.0. The summed E-state index contributed by atoms with van der Waals surface area (Å²) in [5, 5.41) is 0. The average Bonchev–Trinajstić information content (AvgIpc) is 2.87. The third kappa shape index (κ3) is 3.90. The highest BCUT2D eigenvalue weighted by atomic mass is 16.7. The lowest BCUT2D eigenvalue weighted by Crippen LogP contribution is -2.39. The van der Waals surface area contributed by atoms with Crippen LogP contribution in [-0.4, -0.2) is 38.4 Å². The van der Waals surface area contributed by atoms with Crippen molar-refractivity contribution in [3.8, 4) is 0 Å². The molecule has 0 amide bonds. The smallest absolute Gasteiger partial charge is 0.313 e. The molecular weight excluding hydrogens is 296 g/mol. The number of methoxy groups -OCH3 is 1. The van der Waals surface area contributed by atoms with Crippen LogP contribution >= 0.6 is 0 Å². The molecule has 0 saturated heterocycles. The van der Waals surface area contributed by atoms with Gasteiger partial charge in [-0.15, -0.1) is 0 Å². The Kier molecular flexibility index (Phi) is 6.13. The fourth-order valence-corrected chi connectivity index (χ4v) is 3.90. The Hall–Kier alpha value is -1.46. The lowest BCUT2D eigenvalue weighted by Gasteiger charge is -2.40. The van der Waals surface area contributed by atoms with Crippen molar-refractivity contribution in [1.82, 2.24) is 0 Å². The Bertz CT molecular complexity index is 496. The Morgan fingerprint density at radius 1 is 1.43 bits per heavy atom. The second-order valence-electron chi connectivity index (χ2n) is 6.47. The van der Waals surface area contributed by atoms with Crippen molar-refractivity contribution in [3.63, 3.8) is 0 Å². The first kappa shape index (κ1) is 17.9. The first-order valence-electron chi connectivity index (χ1n) is 8.13. The molecule has 5 heteroatoms. The second-order valence-corrected chi connectivity index (χ2v) is 6.47. The molecule has 0 aromatic heterocycles. The zero-order valence-electron chi connectivity index (χ0n) is 14.0. The van der Waals surface area contributed by atoms with Gasteiger partial charge in [-0.05, 0) is 37.2 Å². The number of hydrogen-bond acceptors (Lipinski definition) is 5. The number of fused-ring (bicyclic) bond motifs is 1. The summed E-state index contributed by atoms with van der Waals surface area (Å²) in [6.45, 7) is 6.08. The summed E-state index contributed by atoms with van der Waals surface area (Å²) in [5.41, 5.74) is 0.710. The first-order valence-corrected chi connectivity index (χ1v) is 8.13. The SMILES string of the molecule is C=CCOC(=O)CC(=O)C1=CCC[C@]2(C)[C@@H](OCOC)CC[C@@H]12. The molecule has 1 saturated carbocycles. The Labute approximate surface area is 137 Å². The number of allylic oxidation sites excluding steroid dienone is 2. The molecule has 0 aromatic rings. The van der Waals surface area contributed by atoms with Crippen molar-refractivity contribution in [3.05, 3.63) is 24.3 Å². The van der Waals surface area contributed by atoms with Gasteiger partial charge in [-0.3, -0.25) is 9.59 Å². The van der Waals surface area contributed by atoms with Gasteiger partial charge in [0.25, 0.3) is 0 Å². The fraction of sp³-hybridized carbons (Fsp3) is 0.667. The van der Waals surface area contributed by atoms with Crippen LogP contribution in [0.2, 0.25) is 0 Å². The topological polar surface area (TPSA) is 61.8 Å². The van der Waals surface area contributed by atoms with Crippen LogP contribution in [-0.2, 0) is 23.8 Å². The van der Waals surface area contributed by atoms with E-state index in [0.717, 1.165) is 31.3 Å². The highest BCUT2D eigenvalue weighted by Crippen LogP contribution is 2.53. The molecular formula is C18H26O5. The van der Waals surface area contributed by atoms with E-state index in [4.69, 9.17) is 14.2 Å². The van der Waals surface area contributed by atoms with Gasteiger partial charge in [-0.25, -0.2) is 0 Å². The molecule has 2 aliphatic rings. The van der Waals surface area contributed by atoms with E-state index in [9.17, 15) is 9.59 Å². The maximum absolute atomic E-state index is 12.5. The molecule has 0 aliphatic heterocycles. The molecule has 128 valence electrons. The number of carbonyl (C=O) groups is 2. The highest BCUT2D eigenvalue weighted by molar-refractivity contribution is 6.06. The highest BCUT2D eigenvalue weighted by Gasteiger charge is 2.50. The van der Waals surface area contributed by atoms with Crippen molar-refractivity contribution in [1.29, 1.82) is 0 Å². The van der Waals surface area contributed by atoms with E-state index < -0.39 is 5.97 Å².